The average molecular weight is 362 g/mol. The van der Waals surface area contributed by atoms with Gasteiger partial charge in [0.2, 0.25) is 0 Å². The van der Waals surface area contributed by atoms with Crippen molar-refractivity contribution in [1.29, 1.82) is 0 Å². The van der Waals surface area contributed by atoms with Crippen LogP contribution in [0.2, 0.25) is 5.02 Å². The van der Waals surface area contributed by atoms with Crippen LogP contribution in [0.4, 0.5) is 0 Å². The molecule has 2 aromatic rings. The predicted octanol–water partition coefficient (Wildman–Crippen LogP) is 4.55. The molecule has 0 saturated carbocycles. The molecule has 2 aromatic carbocycles. The van der Waals surface area contributed by atoms with Gasteiger partial charge in [0.1, 0.15) is 18.1 Å². The van der Waals surface area contributed by atoms with Crippen LogP contribution < -0.4 is 14.8 Å². The van der Waals surface area contributed by atoms with Crippen molar-refractivity contribution in [2.75, 3.05) is 13.2 Å². The number of ether oxygens (including phenoxy) is 2. The molecule has 0 unspecified atom stereocenters. The van der Waals surface area contributed by atoms with Gasteiger partial charge in [0.15, 0.2) is 0 Å². The molecule has 5 heteroatoms. The van der Waals surface area contributed by atoms with Gasteiger partial charge in [-0.05, 0) is 69.2 Å². The summed E-state index contributed by atoms with van der Waals surface area (Å²) in [5.74, 6) is 1.18. The summed E-state index contributed by atoms with van der Waals surface area (Å²) in [6.07, 6.45) is 0. The zero-order valence-electron chi connectivity index (χ0n) is 15.1. The molecule has 0 bridgehead atoms. The molecule has 0 aromatic heterocycles. The van der Waals surface area contributed by atoms with E-state index in [0.717, 1.165) is 5.75 Å². The summed E-state index contributed by atoms with van der Waals surface area (Å²) in [5, 5.41) is 3.33. The highest BCUT2D eigenvalue weighted by Crippen LogP contribution is 2.25. The Morgan fingerprint density at radius 3 is 2.52 bits per heavy atom. The Balaban J connectivity index is 1.91. The highest BCUT2D eigenvalue weighted by molar-refractivity contribution is 6.32. The van der Waals surface area contributed by atoms with Crippen molar-refractivity contribution in [1.82, 2.24) is 5.32 Å². The van der Waals surface area contributed by atoms with Crippen LogP contribution in [0.25, 0.3) is 0 Å². The minimum Gasteiger partial charge on any atom is -0.492 e. The molecule has 0 fully saturated rings. The van der Waals surface area contributed by atoms with Crippen LogP contribution >= 0.6 is 11.6 Å². The number of hydrogen-bond acceptors (Lipinski definition) is 3. The molecule has 0 aliphatic heterocycles. The lowest BCUT2D eigenvalue weighted by molar-refractivity contribution is 0.0926. The zero-order valence-corrected chi connectivity index (χ0v) is 15.8. The van der Waals surface area contributed by atoms with Gasteiger partial charge < -0.3 is 14.8 Å². The molecule has 1 N–H and O–H groups in total. The van der Waals surface area contributed by atoms with Gasteiger partial charge in [-0.3, -0.25) is 4.79 Å². The van der Waals surface area contributed by atoms with Crippen molar-refractivity contribution >= 4 is 17.5 Å². The molecule has 0 heterocycles. The summed E-state index contributed by atoms with van der Waals surface area (Å²) in [6, 6.07) is 10.8. The number of amides is 1. The van der Waals surface area contributed by atoms with Gasteiger partial charge in [-0.15, -0.1) is 0 Å². The van der Waals surface area contributed by atoms with Crippen LogP contribution in [0.15, 0.2) is 36.4 Å². The molecular weight excluding hydrogens is 338 g/mol. The number of nitrogens with one attached hydrogen (secondary N) is 1. The Kier molecular flexibility index (Phi) is 6.71. The molecule has 0 saturated heterocycles. The van der Waals surface area contributed by atoms with Gasteiger partial charge in [-0.1, -0.05) is 17.7 Å². The summed E-state index contributed by atoms with van der Waals surface area (Å²) in [4.78, 5) is 12.3. The number of halogens is 1. The van der Waals surface area contributed by atoms with E-state index in [9.17, 15) is 4.79 Å². The fourth-order valence-electron chi connectivity index (χ4n) is 2.29. The molecular formula is C20H24ClNO3. The van der Waals surface area contributed by atoms with Crippen LogP contribution in [-0.4, -0.2) is 25.2 Å². The van der Waals surface area contributed by atoms with Gasteiger partial charge in [0.05, 0.1) is 17.7 Å². The largest absolute Gasteiger partial charge is 0.492 e. The van der Waals surface area contributed by atoms with Crippen molar-refractivity contribution < 1.29 is 14.3 Å². The Hall–Kier alpha value is -2.20. The van der Waals surface area contributed by atoms with E-state index in [1.54, 1.807) is 18.2 Å². The van der Waals surface area contributed by atoms with Gasteiger partial charge in [-0.25, -0.2) is 0 Å². The molecule has 25 heavy (non-hydrogen) atoms. The van der Waals surface area contributed by atoms with Crippen LogP contribution in [0.1, 0.15) is 35.3 Å². The van der Waals surface area contributed by atoms with Crippen molar-refractivity contribution in [2.45, 2.75) is 33.7 Å². The zero-order chi connectivity index (χ0) is 18.4. The lowest BCUT2D eigenvalue weighted by Gasteiger charge is -2.16. The smallest absolute Gasteiger partial charge is 0.251 e. The van der Waals surface area contributed by atoms with Crippen LogP contribution in [-0.2, 0) is 0 Å². The molecule has 2 rings (SSSR count). The first-order chi connectivity index (χ1) is 11.9. The lowest BCUT2D eigenvalue weighted by atomic mass is 10.1. The third kappa shape index (κ3) is 5.40. The highest BCUT2D eigenvalue weighted by Gasteiger charge is 2.13. The van der Waals surface area contributed by atoms with Gasteiger partial charge in [0, 0.05) is 5.56 Å². The van der Waals surface area contributed by atoms with Gasteiger partial charge >= 0.3 is 0 Å². The van der Waals surface area contributed by atoms with E-state index in [0.29, 0.717) is 29.5 Å². The number of aryl methyl sites for hydroxylation is 2. The number of rotatable bonds is 7. The summed E-state index contributed by atoms with van der Waals surface area (Å²) < 4.78 is 11.1. The second-order valence-corrected chi connectivity index (χ2v) is 6.42. The first kappa shape index (κ1) is 19.1. The summed E-state index contributed by atoms with van der Waals surface area (Å²) >= 11 is 6.13. The number of benzene rings is 2. The van der Waals surface area contributed by atoms with Crippen molar-refractivity contribution in [3.05, 3.63) is 58.1 Å². The molecule has 4 nitrogen and oxygen atoms in total. The minimum absolute atomic E-state index is 0.139. The van der Waals surface area contributed by atoms with Gasteiger partial charge in [-0.2, -0.15) is 0 Å². The quantitative estimate of drug-likeness (QED) is 0.786. The molecule has 0 spiro atoms. The third-order valence-electron chi connectivity index (χ3n) is 3.85. The molecule has 134 valence electrons. The van der Waals surface area contributed by atoms with Gasteiger partial charge in [0.25, 0.3) is 5.91 Å². The molecule has 0 radical (unpaired) electrons. The number of carbonyl (C=O) groups excluding carboxylic acids is 1. The Morgan fingerprint density at radius 2 is 1.88 bits per heavy atom. The standard InChI is InChI=1S/C20H24ClNO3/c1-5-24-19-9-7-16(11-18(19)21)20(23)22-15(4)12-25-17-8-6-13(2)14(3)10-17/h6-11,15H,5,12H2,1-4H3,(H,22,23)/t15-/m1/s1. The summed E-state index contributed by atoms with van der Waals surface area (Å²) in [6.45, 7) is 8.80. The monoisotopic (exact) mass is 361 g/mol. The van der Waals surface area contributed by atoms with Crippen LogP contribution in [0.5, 0.6) is 11.5 Å². The van der Waals surface area contributed by atoms with E-state index < -0.39 is 0 Å². The van der Waals surface area contributed by atoms with Crippen molar-refractivity contribution in [2.24, 2.45) is 0 Å². The van der Waals surface area contributed by atoms with Crippen LogP contribution in [0, 0.1) is 13.8 Å². The van der Waals surface area contributed by atoms with E-state index in [1.165, 1.54) is 11.1 Å². The summed E-state index contributed by atoms with van der Waals surface area (Å²) in [7, 11) is 0. The topological polar surface area (TPSA) is 47.6 Å². The molecule has 0 aliphatic carbocycles. The first-order valence-corrected chi connectivity index (χ1v) is 8.71. The van der Waals surface area contributed by atoms with E-state index >= 15 is 0 Å². The normalized spacial score (nSPS) is 11.7. The summed E-state index contributed by atoms with van der Waals surface area (Å²) in [5.41, 5.74) is 2.89. The predicted molar refractivity (Wildman–Crippen MR) is 101 cm³/mol. The van der Waals surface area contributed by atoms with E-state index in [-0.39, 0.29) is 11.9 Å². The first-order valence-electron chi connectivity index (χ1n) is 8.34. The Labute approximate surface area is 154 Å². The Bertz CT molecular complexity index is 746. The second kappa shape index (κ2) is 8.77. The maximum Gasteiger partial charge on any atom is 0.251 e. The van der Waals surface area contributed by atoms with Crippen molar-refractivity contribution in [3.8, 4) is 11.5 Å². The minimum atomic E-state index is -0.193. The van der Waals surface area contributed by atoms with Crippen molar-refractivity contribution in [3.63, 3.8) is 0 Å². The number of hydrogen-bond donors (Lipinski definition) is 1. The fraction of sp³-hybridized carbons (Fsp3) is 0.350. The fourth-order valence-corrected chi connectivity index (χ4v) is 2.52. The average Bonchev–Trinajstić information content (AvgIpc) is 2.58. The second-order valence-electron chi connectivity index (χ2n) is 6.01. The van der Waals surface area contributed by atoms with E-state index in [1.807, 2.05) is 39.0 Å². The molecule has 0 aliphatic rings. The Morgan fingerprint density at radius 1 is 1.12 bits per heavy atom. The maximum absolute atomic E-state index is 12.3. The molecule has 1 atom stereocenters. The maximum atomic E-state index is 12.3. The SMILES string of the molecule is CCOc1ccc(C(=O)N[C@H](C)COc2ccc(C)c(C)c2)cc1Cl. The van der Waals surface area contributed by atoms with E-state index in [2.05, 4.69) is 12.2 Å². The molecule has 1 amide bonds. The lowest BCUT2D eigenvalue weighted by Crippen LogP contribution is -2.36. The van der Waals surface area contributed by atoms with E-state index in [4.69, 9.17) is 21.1 Å². The highest BCUT2D eigenvalue weighted by atomic mass is 35.5. The number of carbonyl (C=O) groups is 1. The van der Waals surface area contributed by atoms with Crippen LogP contribution in [0.3, 0.4) is 0 Å². The third-order valence-corrected chi connectivity index (χ3v) is 4.15.